The van der Waals surface area contributed by atoms with Crippen LogP contribution in [0.3, 0.4) is 0 Å². The van der Waals surface area contributed by atoms with Crippen LogP contribution in [0.25, 0.3) is 10.9 Å². The smallest absolute Gasteiger partial charge is 0.259 e. The van der Waals surface area contributed by atoms with Crippen molar-refractivity contribution in [3.8, 4) is 0 Å². The van der Waals surface area contributed by atoms with E-state index in [1.165, 1.54) is 6.20 Å². The molecule has 0 unspecified atom stereocenters. The van der Waals surface area contributed by atoms with Crippen LogP contribution in [0.4, 0.5) is 5.82 Å². The van der Waals surface area contributed by atoms with E-state index in [0.717, 1.165) is 10.3 Å². The molecule has 0 radical (unpaired) electrons. The van der Waals surface area contributed by atoms with Gasteiger partial charge in [-0.1, -0.05) is 15.9 Å². The van der Waals surface area contributed by atoms with Crippen LogP contribution < -0.4 is 10.3 Å². The van der Waals surface area contributed by atoms with Gasteiger partial charge in [-0.3, -0.25) is 9.59 Å². The first-order valence-corrected chi connectivity index (χ1v) is 9.05. The number of hydrogen-bond donors (Lipinski definition) is 1. The van der Waals surface area contributed by atoms with Crippen LogP contribution in [0.5, 0.6) is 0 Å². The van der Waals surface area contributed by atoms with E-state index in [-0.39, 0.29) is 16.9 Å². The van der Waals surface area contributed by atoms with Gasteiger partial charge in [-0.15, -0.1) is 5.10 Å². The van der Waals surface area contributed by atoms with Crippen LogP contribution in [0.15, 0.2) is 52.0 Å². The van der Waals surface area contributed by atoms with E-state index in [1.807, 2.05) is 24.3 Å². The van der Waals surface area contributed by atoms with Crippen molar-refractivity contribution < 1.29 is 4.79 Å². The first-order chi connectivity index (χ1) is 12.6. The van der Waals surface area contributed by atoms with E-state index in [9.17, 15) is 9.59 Å². The van der Waals surface area contributed by atoms with Crippen molar-refractivity contribution in [1.82, 2.24) is 20.1 Å². The van der Waals surface area contributed by atoms with Gasteiger partial charge in [-0.05, 0) is 30.3 Å². The third-order valence-electron chi connectivity index (χ3n) is 4.52. The van der Waals surface area contributed by atoms with E-state index >= 15 is 0 Å². The molecule has 4 rings (SSSR count). The Balaban J connectivity index is 1.55. The number of carbonyl (C=O) groups excluding carboxylic acids is 1. The number of halogens is 1. The van der Waals surface area contributed by atoms with E-state index in [4.69, 9.17) is 0 Å². The summed E-state index contributed by atoms with van der Waals surface area (Å²) in [5, 5.41) is 8.49. The number of amides is 1. The Hall–Kier alpha value is -2.74. The van der Waals surface area contributed by atoms with Gasteiger partial charge in [0.15, 0.2) is 5.82 Å². The minimum absolute atomic E-state index is 0.170. The Kier molecular flexibility index (Phi) is 4.42. The van der Waals surface area contributed by atoms with Gasteiger partial charge in [-0.2, -0.15) is 5.10 Å². The average molecular weight is 414 g/mol. The lowest BCUT2D eigenvalue weighted by Gasteiger charge is -2.35. The molecule has 1 saturated heterocycles. The first-order valence-electron chi connectivity index (χ1n) is 8.26. The fourth-order valence-corrected chi connectivity index (χ4v) is 3.48. The molecule has 1 amide bonds. The number of pyridine rings is 1. The fourth-order valence-electron chi connectivity index (χ4n) is 3.12. The molecule has 1 aromatic carbocycles. The second-order valence-corrected chi connectivity index (χ2v) is 7.00. The van der Waals surface area contributed by atoms with Crippen molar-refractivity contribution in [2.45, 2.75) is 0 Å². The number of hydrogen-bond acceptors (Lipinski definition) is 5. The number of fused-ring (bicyclic) bond motifs is 1. The number of piperazine rings is 1. The highest BCUT2D eigenvalue weighted by Crippen LogP contribution is 2.17. The minimum Gasteiger partial charge on any atom is -0.360 e. The predicted molar refractivity (Wildman–Crippen MR) is 102 cm³/mol. The van der Waals surface area contributed by atoms with E-state index in [2.05, 4.69) is 36.0 Å². The molecule has 132 valence electrons. The Bertz CT molecular complexity index is 1010. The van der Waals surface area contributed by atoms with Crippen LogP contribution in [-0.4, -0.2) is 52.2 Å². The SMILES string of the molecule is O=C(c1c[nH]c2ccc(Br)cc2c1=O)N1CCN(c2cccnn2)CC1. The maximum atomic E-state index is 12.8. The highest BCUT2D eigenvalue weighted by atomic mass is 79.9. The normalized spacial score (nSPS) is 14.7. The topological polar surface area (TPSA) is 82.2 Å². The maximum absolute atomic E-state index is 12.8. The number of benzene rings is 1. The van der Waals surface area contributed by atoms with Crippen molar-refractivity contribution >= 4 is 38.6 Å². The molecule has 1 fully saturated rings. The summed E-state index contributed by atoms with van der Waals surface area (Å²) in [5.41, 5.74) is 0.632. The summed E-state index contributed by atoms with van der Waals surface area (Å²) in [7, 11) is 0. The molecule has 8 heteroatoms. The van der Waals surface area contributed by atoms with Gasteiger partial charge in [0.2, 0.25) is 5.43 Å². The van der Waals surface area contributed by atoms with Crippen molar-refractivity contribution in [2.75, 3.05) is 31.1 Å². The van der Waals surface area contributed by atoms with Crippen LogP contribution in [0.2, 0.25) is 0 Å². The lowest BCUT2D eigenvalue weighted by Crippen LogP contribution is -2.49. The molecule has 3 aromatic rings. The second-order valence-electron chi connectivity index (χ2n) is 6.08. The summed E-state index contributed by atoms with van der Waals surface area (Å²) in [6.07, 6.45) is 3.14. The van der Waals surface area contributed by atoms with Crippen molar-refractivity contribution in [3.63, 3.8) is 0 Å². The van der Waals surface area contributed by atoms with Crippen LogP contribution in [-0.2, 0) is 0 Å². The number of H-pyrrole nitrogens is 1. The van der Waals surface area contributed by atoms with E-state index < -0.39 is 0 Å². The summed E-state index contributed by atoms with van der Waals surface area (Å²) in [6, 6.07) is 9.14. The van der Waals surface area contributed by atoms with Gasteiger partial charge >= 0.3 is 0 Å². The molecule has 2 aromatic heterocycles. The van der Waals surface area contributed by atoms with Crippen LogP contribution in [0.1, 0.15) is 10.4 Å². The van der Waals surface area contributed by atoms with Gasteiger partial charge in [0.05, 0.1) is 0 Å². The third-order valence-corrected chi connectivity index (χ3v) is 5.02. The molecule has 0 aliphatic carbocycles. The number of carbonyl (C=O) groups is 1. The Morgan fingerprint density at radius 3 is 2.69 bits per heavy atom. The van der Waals surface area contributed by atoms with Crippen LogP contribution >= 0.6 is 15.9 Å². The zero-order chi connectivity index (χ0) is 18.1. The Labute approximate surface area is 157 Å². The average Bonchev–Trinajstić information content (AvgIpc) is 2.69. The molecule has 3 heterocycles. The summed E-state index contributed by atoms with van der Waals surface area (Å²) in [5.74, 6) is 0.555. The maximum Gasteiger partial charge on any atom is 0.259 e. The number of nitrogens with one attached hydrogen (secondary N) is 1. The summed E-state index contributed by atoms with van der Waals surface area (Å²) >= 11 is 3.37. The number of nitrogens with zero attached hydrogens (tertiary/aromatic N) is 4. The molecule has 7 nitrogen and oxygen atoms in total. The predicted octanol–water partition coefficient (Wildman–Crippen LogP) is 2.04. The molecule has 1 N–H and O–H groups in total. The van der Waals surface area contributed by atoms with Gasteiger partial charge < -0.3 is 14.8 Å². The Morgan fingerprint density at radius 1 is 1.15 bits per heavy atom. The molecule has 1 aliphatic rings. The quantitative estimate of drug-likeness (QED) is 0.694. The number of aromatic nitrogens is 3. The molecule has 0 spiro atoms. The van der Waals surface area contributed by atoms with Gasteiger partial charge in [-0.25, -0.2) is 0 Å². The molecule has 26 heavy (non-hydrogen) atoms. The number of aromatic amines is 1. The third kappa shape index (κ3) is 3.08. The molecule has 0 bridgehead atoms. The van der Waals surface area contributed by atoms with Gasteiger partial charge in [0.1, 0.15) is 5.56 Å². The Morgan fingerprint density at radius 2 is 1.96 bits per heavy atom. The molecular formula is C18H16BrN5O2. The lowest BCUT2D eigenvalue weighted by molar-refractivity contribution is 0.0745. The van der Waals surface area contributed by atoms with Gasteiger partial charge in [0, 0.05) is 53.9 Å². The largest absolute Gasteiger partial charge is 0.360 e. The summed E-state index contributed by atoms with van der Waals surface area (Å²) in [4.78, 5) is 32.4. The van der Waals surface area contributed by atoms with Crippen molar-refractivity contribution in [2.24, 2.45) is 0 Å². The lowest BCUT2D eigenvalue weighted by atomic mass is 10.1. The van der Waals surface area contributed by atoms with Crippen molar-refractivity contribution in [3.05, 3.63) is 63.0 Å². The zero-order valence-corrected chi connectivity index (χ0v) is 15.4. The van der Waals surface area contributed by atoms with E-state index in [0.29, 0.717) is 37.1 Å². The highest BCUT2D eigenvalue weighted by molar-refractivity contribution is 9.10. The molecule has 0 saturated carbocycles. The summed E-state index contributed by atoms with van der Waals surface area (Å²) in [6.45, 7) is 2.37. The number of rotatable bonds is 2. The van der Waals surface area contributed by atoms with Crippen LogP contribution in [0, 0.1) is 0 Å². The van der Waals surface area contributed by atoms with Gasteiger partial charge in [0.25, 0.3) is 5.91 Å². The molecular weight excluding hydrogens is 398 g/mol. The highest BCUT2D eigenvalue weighted by Gasteiger charge is 2.25. The monoisotopic (exact) mass is 413 g/mol. The zero-order valence-electron chi connectivity index (χ0n) is 13.9. The molecule has 1 aliphatic heterocycles. The minimum atomic E-state index is -0.249. The van der Waals surface area contributed by atoms with Crippen molar-refractivity contribution in [1.29, 1.82) is 0 Å². The second kappa shape index (κ2) is 6.87. The fraction of sp³-hybridized carbons (Fsp3) is 0.222. The first kappa shape index (κ1) is 16.7. The standard InChI is InChI=1S/C18H16BrN5O2/c19-12-3-4-15-13(10-12)17(25)14(11-20-15)18(26)24-8-6-23(7-9-24)16-2-1-5-21-22-16/h1-5,10-11H,6-9H2,(H,20,25). The summed E-state index contributed by atoms with van der Waals surface area (Å²) < 4.78 is 0.803. The molecule has 0 atom stereocenters. The number of anilines is 1. The van der Waals surface area contributed by atoms with E-state index in [1.54, 1.807) is 17.2 Å².